The highest BCUT2D eigenvalue weighted by Crippen LogP contribution is 2.19. The normalized spacial score (nSPS) is 15.4. The third kappa shape index (κ3) is 7.68. The fourth-order valence-corrected chi connectivity index (χ4v) is 4.43. The standard InChI is InChI=1S/C28H31N5O9/c1-41-23(36)14-21-27(39)32(15-22(34)35)11-12-33(21)26(38)20(13-16-3-5-19(6-4-16)28(40)42-2)31-25(37)18-9-7-17(8-10-18)24(29)30/h3-10,20-21H,11-15H2,1-2H3,(H3,29,30)(H,31,37)(H,34,35)/t20-,21-/m0/s1. The Morgan fingerprint density at radius 2 is 1.57 bits per heavy atom. The number of nitrogens with two attached hydrogens (primary N) is 1. The number of hydrogen-bond donors (Lipinski definition) is 4. The summed E-state index contributed by atoms with van der Waals surface area (Å²) in [5.41, 5.74) is 6.89. The van der Waals surface area contributed by atoms with Crippen molar-refractivity contribution in [3.63, 3.8) is 0 Å². The maximum absolute atomic E-state index is 13.9. The van der Waals surface area contributed by atoms with E-state index in [1.54, 1.807) is 12.1 Å². The Morgan fingerprint density at radius 3 is 2.12 bits per heavy atom. The molecule has 222 valence electrons. The number of carbonyl (C=O) groups excluding carboxylic acids is 5. The molecule has 1 heterocycles. The molecule has 0 aliphatic carbocycles. The second-order valence-electron chi connectivity index (χ2n) is 9.39. The lowest BCUT2D eigenvalue weighted by atomic mass is 9.99. The van der Waals surface area contributed by atoms with Gasteiger partial charge in [0, 0.05) is 30.6 Å². The topological polar surface area (TPSA) is 209 Å². The minimum absolute atomic E-state index is 0.0496. The van der Waals surface area contributed by atoms with Crippen LogP contribution in [0.5, 0.6) is 0 Å². The second-order valence-corrected chi connectivity index (χ2v) is 9.39. The first-order valence-electron chi connectivity index (χ1n) is 12.8. The van der Waals surface area contributed by atoms with Crippen molar-refractivity contribution in [2.24, 2.45) is 5.73 Å². The number of methoxy groups -OCH3 is 2. The van der Waals surface area contributed by atoms with Crippen LogP contribution in [0.15, 0.2) is 48.5 Å². The molecule has 2 aromatic rings. The fourth-order valence-electron chi connectivity index (χ4n) is 4.43. The Labute approximate surface area is 240 Å². The summed E-state index contributed by atoms with van der Waals surface area (Å²) in [5.74, 6) is -4.83. The van der Waals surface area contributed by atoms with E-state index in [4.69, 9.17) is 20.6 Å². The molecular weight excluding hydrogens is 550 g/mol. The smallest absolute Gasteiger partial charge is 0.337 e. The van der Waals surface area contributed by atoms with Crippen molar-refractivity contribution in [2.75, 3.05) is 33.9 Å². The molecule has 14 heteroatoms. The van der Waals surface area contributed by atoms with Crippen LogP contribution in [0, 0.1) is 5.41 Å². The maximum Gasteiger partial charge on any atom is 0.337 e. The number of amides is 3. The van der Waals surface area contributed by atoms with Gasteiger partial charge in [-0.15, -0.1) is 0 Å². The number of carboxylic acid groups (broad SMARTS) is 1. The minimum atomic E-state index is -1.35. The van der Waals surface area contributed by atoms with Crippen LogP contribution in [0.4, 0.5) is 0 Å². The minimum Gasteiger partial charge on any atom is -0.480 e. The molecule has 14 nitrogen and oxygen atoms in total. The summed E-state index contributed by atoms with van der Waals surface area (Å²) in [5, 5.41) is 19.4. The number of carbonyl (C=O) groups is 6. The summed E-state index contributed by atoms with van der Waals surface area (Å²) >= 11 is 0. The lowest BCUT2D eigenvalue weighted by Crippen LogP contribution is -2.63. The number of piperazine rings is 1. The molecule has 0 saturated carbocycles. The van der Waals surface area contributed by atoms with Crippen molar-refractivity contribution in [2.45, 2.75) is 24.9 Å². The van der Waals surface area contributed by atoms with Crippen LogP contribution in [0.1, 0.15) is 38.3 Å². The van der Waals surface area contributed by atoms with Crippen molar-refractivity contribution in [1.29, 1.82) is 5.41 Å². The lowest BCUT2D eigenvalue weighted by Gasteiger charge is -2.41. The molecule has 2 aromatic carbocycles. The number of benzene rings is 2. The van der Waals surface area contributed by atoms with E-state index < -0.39 is 60.7 Å². The number of rotatable bonds is 11. The second kappa shape index (κ2) is 13.9. The van der Waals surface area contributed by atoms with Crippen LogP contribution in [0.25, 0.3) is 0 Å². The number of esters is 2. The molecule has 42 heavy (non-hydrogen) atoms. The first-order chi connectivity index (χ1) is 19.9. The summed E-state index contributed by atoms with van der Waals surface area (Å²) in [7, 11) is 2.36. The van der Waals surface area contributed by atoms with Gasteiger partial charge in [0.15, 0.2) is 0 Å². The summed E-state index contributed by atoms with van der Waals surface area (Å²) in [4.78, 5) is 77.7. The number of ether oxygens (including phenoxy) is 2. The highest BCUT2D eigenvalue weighted by atomic mass is 16.5. The van der Waals surface area contributed by atoms with E-state index in [9.17, 15) is 33.9 Å². The van der Waals surface area contributed by atoms with Gasteiger partial charge >= 0.3 is 17.9 Å². The number of hydrogen-bond acceptors (Lipinski definition) is 9. The Balaban J connectivity index is 1.94. The van der Waals surface area contributed by atoms with Crippen LogP contribution in [0.2, 0.25) is 0 Å². The number of nitrogens with zero attached hydrogens (tertiary/aromatic N) is 2. The van der Waals surface area contributed by atoms with Gasteiger partial charge in [0.2, 0.25) is 11.8 Å². The Hall–Kier alpha value is -5.27. The van der Waals surface area contributed by atoms with Crippen molar-refractivity contribution >= 4 is 41.5 Å². The van der Waals surface area contributed by atoms with E-state index in [-0.39, 0.29) is 36.5 Å². The van der Waals surface area contributed by atoms with Gasteiger partial charge in [-0.1, -0.05) is 24.3 Å². The van der Waals surface area contributed by atoms with Gasteiger partial charge in [-0.2, -0.15) is 0 Å². The molecule has 1 fully saturated rings. The molecule has 3 rings (SSSR count). The zero-order chi connectivity index (χ0) is 31.0. The number of nitrogens with one attached hydrogen (secondary N) is 2. The highest BCUT2D eigenvalue weighted by Gasteiger charge is 2.42. The molecular formula is C28H31N5O9. The van der Waals surface area contributed by atoms with E-state index in [1.165, 1.54) is 43.5 Å². The van der Waals surface area contributed by atoms with E-state index in [0.717, 1.165) is 16.9 Å². The van der Waals surface area contributed by atoms with Crippen LogP contribution >= 0.6 is 0 Å². The molecule has 0 aromatic heterocycles. The molecule has 1 aliphatic heterocycles. The van der Waals surface area contributed by atoms with Crippen LogP contribution in [-0.4, -0.2) is 102 Å². The molecule has 0 unspecified atom stereocenters. The van der Waals surface area contributed by atoms with E-state index in [2.05, 4.69) is 5.32 Å². The average Bonchev–Trinajstić information content (AvgIpc) is 2.98. The Bertz CT molecular complexity index is 1380. The van der Waals surface area contributed by atoms with E-state index >= 15 is 0 Å². The largest absolute Gasteiger partial charge is 0.480 e. The molecule has 1 saturated heterocycles. The Morgan fingerprint density at radius 1 is 0.976 bits per heavy atom. The van der Waals surface area contributed by atoms with Crippen LogP contribution in [-0.2, 0) is 35.1 Å². The Kier molecular flexibility index (Phi) is 10.3. The van der Waals surface area contributed by atoms with Crippen molar-refractivity contribution in [3.05, 3.63) is 70.8 Å². The predicted molar refractivity (Wildman–Crippen MR) is 147 cm³/mol. The molecule has 0 radical (unpaired) electrons. The van der Waals surface area contributed by atoms with E-state index in [1.807, 2.05) is 0 Å². The SMILES string of the molecule is COC(=O)C[C@H]1C(=O)N(CC(=O)O)CCN1C(=O)[C@H](Cc1ccc(C(=O)OC)cc1)NC(=O)c1ccc(C(=N)N)cc1. The molecule has 0 spiro atoms. The zero-order valence-electron chi connectivity index (χ0n) is 23.0. The average molecular weight is 582 g/mol. The first kappa shape index (κ1) is 31.3. The van der Waals surface area contributed by atoms with Gasteiger partial charge in [0.05, 0.1) is 26.2 Å². The summed E-state index contributed by atoms with van der Waals surface area (Å²) in [6.07, 6.45) is -0.565. The summed E-state index contributed by atoms with van der Waals surface area (Å²) < 4.78 is 9.40. The van der Waals surface area contributed by atoms with Gasteiger partial charge in [-0.25, -0.2) is 4.79 Å². The lowest BCUT2D eigenvalue weighted by molar-refractivity contribution is -0.159. The molecule has 1 aliphatic rings. The number of carboxylic acids is 1. The van der Waals surface area contributed by atoms with Crippen molar-refractivity contribution in [1.82, 2.24) is 15.1 Å². The molecule has 5 N–H and O–H groups in total. The third-order valence-corrected chi connectivity index (χ3v) is 6.66. The zero-order valence-corrected chi connectivity index (χ0v) is 23.0. The number of nitrogen functional groups attached to an aromatic ring is 1. The van der Waals surface area contributed by atoms with Gasteiger partial charge in [-0.3, -0.25) is 29.4 Å². The molecule has 0 bridgehead atoms. The molecule has 2 atom stereocenters. The van der Waals surface area contributed by atoms with Crippen LogP contribution < -0.4 is 11.1 Å². The third-order valence-electron chi connectivity index (χ3n) is 6.66. The van der Waals surface area contributed by atoms with Gasteiger partial charge in [0.1, 0.15) is 24.5 Å². The van der Waals surface area contributed by atoms with Gasteiger partial charge < -0.3 is 35.4 Å². The quantitative estimate of drug-likeness (QED) is 0.156. The monoisotopic (exact) mass is 581 g/mol. The number of aliphatic carboxylic acids is 1. The molecule has 3 amide bonds. The van der Waals surface area contributed by atoms with Gasteiger partial charge in [0.25, 0.3) is 5.91 Å². The summed E-state index contributed by atoms with van der Waals surface area (Å²) in [6.45, 7) is -0.808. The summed E-state index contributed by atoms with van der Waals surface area (Å²) in [6, 6.07) is 9.42. The highest BCUT2D eigenvalue weighted by molar-refractivity contribution is 6.01. The van der Waals surface area contributed by atoms with Crippen LogP contribution in [0.3, 0.4) is 0 Å². The maximum atomic E-state index is 13.9. The number of amidine groups is 1. The van der Waals surface area contributed by atoms with Gasteiger partial charge in [-0.05, 0) is 29.8 Å². The van der Waals surface area contributed by atoms with Crippen molar-refractivity contribution in [3.8, 4) is 0 Å². The van der Waals surface area contributed by atoms with Crippen molar-refractivity contribution < 1.29 is 43.3 Å². The first-order valence-corrected chi connectivity index (χ1v) is 12.8. The van der Waals surface area contributed by atoms with E-state index in [0.29, 0.717) is 11.1 Å². The predicted octanol–water partition coefficient (Wildman–Crippen LogP) is -0.215. The fraction of sp³-hybridized carbons (Fsp3) is 0.321.